The number of nitrogens with one attached hydrogen (secondary N) is 1. The lowest BCUT2D eigenvalue weighted by Gasteiger charge is -2.31. The summed E-state index contributed by atoms with van der Waals surface area (Å²) in [4.78, 5) is 14.1. The van der Waals surface area contributed by atoms with Gasteiger partial charge in [-0.3, -0.25) is 4.79 Å². The van der Waals surface area contributed by atoms with Crippen LogP contribution in [0, 0.1) is 11.7 Å². The molecule has 0 aromatic heterocycles. The maximum absolute atomic E-state index is 13.8. The maximum atomic E-state index is 13.8. The predicted octanol–water partition coefficient (Wildman–Crippen LogP) is 2.34. The summed E-state index contributed by atoms with van der Waals surface area (Å²) in [5.41, 5.74) is 0.571. The topological polar surface area (TPSA) is 32.3 Å². The third kappa shape index (κ3) is 3.13. The molecule has 19 heavy (non-hydrogen) atoms. The number of benzene rings is 1. The fourth-order valence-corrected chi connectivity index (χ4v) is 2.56. The van der Waals surface area contributed by atoms with Gasteiger partial charge in [-0.1, -0.05) is 18.2 Å². The molecule has 0 saturated carbocycles. The predicted molar refractivity (Wildman–Crippen MR) is 73.2 cm³/mol. The van der Waals surface area contributed by atoms with E-state index in [2.05, 4.69) is 5.32 Å². The summed E-state index contributed by atoms with van der Waals surface area (Å²) in [5.74, 6) is -0.132. The molecule has 2 rings (SSSR count). The zero-order valence-corrected chi connectivity index (χ0v) is 11.5. The van der Waals surface area contributed by atoms with Crippen LogP contribution in [0.4, 0.5) is 4.39 Å². The molecule has 0 unspecified atom stereocenters. The van der Waals surface area contributed by atoms with E-state index in [1.54, 1.807) is 30.1 Å². The zero-order chi connectivity index (χ0) is 13.8. The molecule has 0 aliphatic carbocycles. The summed E-state index contributed by atoms with van der Waals surface area (Å²) >= 11 is 0. The Morgan fingerprint density at radius 2 is 2.21 bits per heavy atom. The number of hydrogen-bond donors (Lipinski definition) is 1. The third-order valence-corrected chi connectivity index (χ3v) is 3.93. The van der Waals surface area contributed by atoms with Gasteiger partial charge < -0.3 is 10.2 Å². The van der Waals surface area contributed by atoms with Gasteiger partial charge in [0.25, 0.3) is 0 Å². The molecule has 1 aliphatic heterocycles. The van der Waals surface area contributed by atoms with E-state index in [-0.39, 0.29) is 23.7 Å². The van der Waals surface area contributed by atoms with Crippen LogP contribution in [0.15, 0.2) is 24.3 Å². The minimum atomic E-state index is -0.253. The highest BCUT2D eigenvalue weighted by molar-refractivity contribution is 5.79. The van der Waals surface area contributed by atoms with Crippen LogP contribution in [-0.4, -0.2) is 30.9 Å². The average molecular weight is 264 g/mol. The number of halogens is 1. The monoisotopic (exact) mass is 264 g/mol. The molecule has 1 heterocycles. The number of carbonyl (C=O) groups is 1. The van der Waals surface area contributed by atoms with Crippen LogP contribution in [0.2, 0.25) is 0 Å². The van der Waals surface area contributed by atoms with Gasteiger partial charge in [-0.05, 0) is 32.4 Å². The van der Waals surface area contributed by atoms with Gasteiger partial charge in [0.05, 0.1) is 12.0 Å². The number of carbonyl (C=O) groups excluding carboxylic acids is 1. The second-order valence-corrected chi connectivity index (χ2v) is 5.19. The molecule has 1 aromatic rings. The molecule has 0 spiro atoms. The van der Waals surface area contributed by atoms with Crippen molar-refractivity contribution in [1.29, 1.82) is 0 Å². The Labute approximate surface area is 113 Å². The van der Waals surface area contributed by atoms with Gasteiger partial charge >= 0.3 is 0 Å². The van der Waals surface area contributed by atoms with Gasteiger partial charge in [-0.25, -0.2) is 4.39 Å². The van der Waals surface area contributed by atoms with E-state index in [1.165, 1.54) is 6.07 Å². The minimum absolute atomic E-state index is 0.0213. The van der Waals surface area contributed by atoms with E-state index < -0.39 is 0 Å². The standard InChI is InChI=1S/C15H21FN2O/c1-11(13-7-3-4-8-14(13)16)18(2)15(19)12-6-5-9-17-10-12/h3-4,7-8,11-12,17H,5-6,9-10H2,1-2H3/t11-,12-/m0/s1. The highest BCUT2D eigenvalue weighted by Crippen LogP contribution is 2.24. The summed E-state index contributed by atoms with van der Waals surface area (Å²) in [6.07, 6.45) is 1.94. The number of rotatable bonds is 3. The van der Waals surface area contributed by atoms with E-state index in [4.69, 9.17) is 0 Å². The van der Waals surface area contributed by atoms with Crippen LogP contribution in [0.1, 0.15) is 31.4 Å². The van der Waals surface area contributed by atoms with E-state index in [0.29, 0.717) is 5.56 Å². The van der Waals surface area contributed by atoms with Crippen LogP contribution in [0.5, 0.6) is 0 Å². The van der Waals surface area contributed by atoms with Gasteiger partial charge in [0.1, 0.15) is 5.82 Å². The molecule has 1 aromatic carbocycles. The number of hydrogen-bond acceptors (Lipinski definition) is 2. The molecule has 1 fully saturated rings. The molecular formula is C15H21FN2O. The number of nitrogens with zero attached hydrogens (tertiary/aromatic N) is 1. The van der Waals surface area contributed by atoms with Crippen molar-refractivity contribution in [2.24, 2.45) is 5.92 Å². The summed E-state index contributed by atoms with van der Waals surface area (Å²) in [5, 5.41) is 3.24. The fraction of sp³-hybridized carbons (Fsp3) is 0.533. The van der Waals surface area contributed by atoms with Gasteiger partial charge in [0, 0.05) is 19.2 Å². The minimum Gasteiger partial charge on any atom is -0.339 e. The quantitative estimate of drug-likeness (QED) is 0.909. The van der Waals surface area contributed by atoms with Crippen LogP contribution >= 0.6 is 0 Å². The number of piperidine rings is 1. The summed E-state index contributed by atoms with van der Waals surface area (Å²) in [6.45, 7) is 3.58. The lowest BCUT2D eigenvalue weighted by Crippen LogP contribution is -2.42. The van der Waals surface area contributed by atoms with Crippen molar-refractivity contribution in [1.82, 2.24) is 10.2 Å². The smallest absolute Gasteiger partial charge is 0.227 e. The van der Waals surface area contributed by atoms with Gasteiger partial charge in [0.2, 0.25) is 5.91 Å². The van der Waals surface area contributed by atoms with Gasteiger partial charge in [0.15, 0.2) is 0 Å². The Morgan fingerprint density at radius 1 is 1.47 bits per heavy atom. The first-order valence-electron chi connectivity index (χ1n) is 6.83. The van der Waals surface area contributed by atoms with Crippen LogP contribution in [0.25, 0.3) is 0 Å². The second-order valence-electron chi connectivity index (χ2n) is 5.19. The lowest BCUT2D eigenvalue weighted by atomic mass is 9.97. The van der Waals surface area contributed by atoms with Crippen LogP contribution < -0.4 is 5.32 Å². The molecular weight excluding hydrogens is 243 g/mol. The third-order valence-electron chi connectivity index (χ3n) is 3.93. The Kier molecular flexibility index (Phi) is 4.53. The Bertz CT molecular complexity index is 444. The average Bonchev–Trinajstić information content (AvgIpc) is 2.46. The van der Waals surface area contributed by atoms with Crippen molar-refractivity contribution in [3.8, 4) is 0 Å². The van der Waals surface area contributed by atoms with Crippen molar-refractivity contribution in [3.05, 3.63) is 35.6 Å². The summed E-state index contributed by atoms with van der Waals surface area (Å²) < 4.78 is 13.8. The van der Waals surface area contributed by atoms with Crippen LogP contribution in [-0.2, 0) is 4.79 Å². The van der Waals surface area contributed by atoms with E-state index in [0.717, 1.165) is 25.9 Å². The Hall–Kier alpha value is -1.42. The van der Waals surface area contributed by atoms with Crippen molar-refractivity contribution < 1.29 is 9.18 Å². The normalized spacial score (nSPS) is 20.9. The molecule has 1 amide bonds. The molecule has 0 bridgehead atoms. The molecule has 1 aliphatic rings. The molecule has 1 saturated heterocycles. The van der Waals surface area contributed by atoms with Gasteiger partial charge in [-0.15, -0.1) is 0 Å². The van der Waals surface area contributed by atoms with Crippen molar-refractivity contribution >= 4 is 5.91 Å². The number of amides is 1. The van der Waals surface area contributed by atoms with Crippen molar-refractivity contribution in [2.45, 2.75) is 25.8 Å². The molecule has 3 nitrogen and oxygen atoms in total. The SMILES string of the molecule is C[C@@H](c1ccccc1F)N(C)C(=O)[C@H]1CCCNC1. The van der Waals surface area contributed by atoms with E-state index in [9.17, 15) is 9.18 Å². The molecule has 104 valence electrons. The lowest BCUT2D eigenvalue weighted by molar-refractivity contribution is -0.136. The Morgan fingerprint density at radius 3 is 2.84 bits per heavy atom. The van der Waals surface area contributed by atoms with E-state index >= 15 is 0 Å². The molecule has 0 radical (unpaired) electrons. The first-order chi connectivity index (χ1) is 9.11. The second kappa shape index (κ2) is 6.15. The molecule has 2 atom stereocenters. The first kappa shape index (κ1) is 14.0. The van der Waals surface area contributed by atoms with Crippen molar-refractivity contribution in [2.75, 3.05) is 20.1 Å². The highest BCUT2D eigenvalue weighted by Gasteiger charge is 2.27. The molecule has 4 heteroatoms. The Balaban J connectivity index is 2.08. The van der Waals surface area contributed by atoms with Crippen LogP contribution in [0.3, 0.4) is 0 Å². The summed E-state index contributed by atoms with van der Waals surface area (Å²) in [6, 6.07) is 6.40. The fourth-order valence-electron chi connectivity index (χ4n) is 2.56. The first-order valence-corrected chi connectivity index (χ1v) is 6.83. The van der Waals surface area contributed by atoms with E-state index in [1.807, 2.05) is 6.92 Å². The maximum Gasteiger partial charge on any atom is 0.227 e. The van der Waals surface area contributed by atoms with Gasteiger partial charge in [-0.2, -0.15) is 0 Å². The highest BCUT2D eigenvalue weighted by atomic mass is 19.1. The zero-order valence-electron chi connectivity index (χ0n) is 11.5. The summed E-state index contributed by atoms with van der Waals surface area (Å²) in [7, 11) is 1.76. The molecule has 1 N–H and O–H groups in total. The largest absolute Gasteiger partial charge is 0.339 e. The van der Waals surface area contributed by atoms with Crippen molar-refractivity contribution in [3.63, 3.8) is 0 Å².